The molecule has 0 unspecified atom stereocenters. The lowest BCUT2D eigenvalue weighted by Crippen LogP contribution is -2.50. The van der Waals surface area contributed by atoms with E-state index in [1.165, 1.54) is 4.31 Å². The van der Waals surface area contributed by atoms with Gasteiger partial charge in [-0.05, 0) is 44.7 Å². The van der Waals surface area contributed by atoms with Crippen LogP contribution in [-0.4, -0.2) is 56.2 Å². The van der Waals surface area contributed by atoms with Gasteiger partial charge in [-0.1, -0.05) is 0 Å². The maximum atomic E-state index is 12.4. The Morgan fingerprint density at radius 3 is 2.62 bits per heavy atom. The van der Waals surface area contributed by atoms with Crippen molar-refractivity contribution in [3.8, 4) is 5.75 Å². The number of aromatic nitrogens is 1. The number of nitrogens with zero attached hydrogens (tertiary/aromatic N) is 2. The van der Waals surface area contributed by atoms with Gasteiger partial charge in [-0.15, -0.1) is 0 Å². The highest BCUT2D eigenvalue weighted by Gasteiger charge is 2.30. The van der Waals surface area contributed by atoms with Gasteiger partial charge < -0.3 is 9.47 Å². The molecular weight excluding hydrogens is 330 g/mol. The number of aryl methyl sites for hydroxylation is 1. The zero-order chi connectivity index (χ0) is 17.0. The molecule has 1 aliphatic heterocycles. The van der Waals surface area contributed by atoms with Crippen molar-refractivity contribution in [3.63, 3.8) is 0 Å². The molecule has 1 saturated carbocycles. The minimum atomic E-state index is -3.41. The lowest BCUT2D eigenvalue weighted by Gasteiger charge is -2.32. The summed E-state index contributed by atoms with van der Waals surface area (Å²) in [5, 5.41) is 0. The Morgan fingerprint density at radius 1 is 1.25 bits per heavy atom. The van der Waals surface area contributed by atoms with Crippen LogP contribution in [0.3, 0.4) is 0 Å². The van der Waals surface area contributed by atoms with Gasteiger partial charge in [-0.3, -0.25) is 4.98 Å². The Hall–Kier alpha value is -1.22. The Kier molecular flexibility index (Phi) is 5.70. The standard InChI is InChI=1S/C16H25N3O4S/c1-13-16(3-2-8-17-13)23-15-6-4-14(5-7-15)18-24(20,21)19-9-11-22-12-10-19/h2-3,8,14-15,18H,4-7,9-12H2,1H3. The predicted molar refractivity (Wildman–Crippen MR) is 90.1 cm³/mol. The second-order valence-corrected chi connectivity index (χ2v) is 8.01. The molecule has 2 aliphatic rings. The van der Waals surface area contributed by atoms with Crippen LogP contribution in [-0.2, 0) is 14.9 Å². The first kappa shape index (κ1) is 17.6. The fourth-order valence-electron chi connectivity index (χ4n) is 3.14. The summed E-state index contributed by atoms with van der Waals surface area (Å²) in [5.41, 5.74) is 0.882. The van der Waals surface area contributed by atoms with Gasteiger partial charge >= 0.3 is 0 Å². The van der Waals surface area contributed by atoms with Gasteiger partial charge in [0.25, 0.3) is 10.2 Å². The zero-order valence-corrected chi connectivity index (χ0v) is 14.8. The van der Waals surface area contributed by atoms with Crippen LogP contribution in [0.1, 0.15) is 31.4 Å². The molecule has 1 N–H and O–H groups in total. The monoisotopic (exact) mass is 355 g/mol. The lowest BCUT2D eigenvalue weighted by atomic mass is 9.93. The molecule has 7 nitrogen and oxygen atoms in total. The van der Waals surface area contributed by atoms with Crippen LogP contribution in [0.5, 0.6) is 5.75 Å². The molecule has 1 saturated heterocycles. The normalized spacial score (nSPS) is 26.2. The van der Waals surface area contributed by atoms with Crippen molar-refractivity contribution in [3.05, 3.63) is 24.0 Å². The quantitative estimate of drug-likeness (QED) is 0.860. The maximum absolute atomic E-state index is 12.4. The summed E-state index contributed by atoms with van der Waals surface area (Å²) < 4.78 is 40.3. The molecule has 1 aromatic heterocycles. The van der Waals surface area contributed by atoms with Crippen molar-refractivity contribution < 1.29 is 17.9 Å². The van der Waals surface area contributed by atoms with E-state index in [0.29, 0.717) is 26.3 Å². The fourth-order valence-corrected chi connectivity index (χ4v) is 4.58. The number of rotatable bonds is 5. The summed E-state index contributed by atoms with van der Waals surface area (Å²) in [7, 11) is -3.41. The van der Waals surface area contributed by atoms with E-state index in [9.17, 15) is 8.42 Å². The lowest BCUT2D eigenvalue weighted by molar-refractivity contribution is 0.0719. The van der Waals surface area contributed by atoms with Crippen LogP contribution in [0.15, 0.2) is 18.3 Å². The van der Waals surface area contributed by atoms with Gasteiger partial charge in [0.1, 0.15) is 5.75 Å². The molecular formula is C16H25N3O4S. The van der Waals surface area contributed by atoms with Crippen LogP contribution in [0, 0.1) is 6.92 Å². The maximum Gasteiger partial charge on any atom is 0.279 e. The molecule has 24 heavy (non-hydrogen) atoms. The third-order valence-corrected chi connectivity index (χ3v) is 6.23. The van der Waals surface area contributed by atoms with Crippen LogP contribution in [0.25, 0.3) is 0 Å². The Bertz CT molecular complexity index is 638. The van der Waals surface area contributed by atoms with E-state index in [0.717, 1.165) is 37.1 Å². The number of ether oxygens (including phenoxy) is 2. The molecule has 2 fully saturated rings. The third-order valence-electron chi connectivity index (χ3n) is 4.55. The van der Waals surface area contributed by atoms with Crippen molar-refractivity contribution in [2.24, 2.45) is 0 Å². The summed E-state index contributed by atoms with van der Waals surface area (Å²) in [4.78, 5) is 4.23. The molecule has 0 aromatic carbocycles. The number of pyridine rings is 1. The van der Waals surface area contributed by atoms with Crippen LogP contribution < -0.4 is 9.46 Å². The van der Waals surface area contributed by atoms with E-state index in [1.807, 2.05) is 19.1 Å². The van der Waals surface area contributed by atoms with Gasteiger partial charge in [-0.25, -0.2) is 0 Å². The second kappa shape index (κ2) is 7.77. The van der Waals surface area contributed by atoms with E-state index in [2.05, 4.69) is 9.71 Å². The second-order valence-electron chi connectivity index (χ2n) is 6.31. The third kappa shape index (κ3) is 4.44. The number of hydrogen-bond donors (Lipinski definition) is 1. The summed E-state index contributed by atoms with van der Waals surface area (Å²) in [5.74, 6) is 0.815. The number of nitrogens with one attached hydrogen (secondary N) is 1. The summed E-state index contributed by atoms with van der Waals surface area (Å²) in [6.07, 6.45) is 5.12. The average molecular weight is 355 g/mol. The van der Waals surface area contributed by atoms with Crippen LogP contribution in [0.2, 0.25) is 0 Å². The minimum Gasteiger partial charge on any atom is -0.489 e. The van der Waals surface area contributed by atoms with Crippen LogP contribution in [0.4, 0.5) is 0 Å². The highest BCUT2D eigenvalue weighted by molar-refractivity contribution is 7.87. The van der Waals surface area contributed by atoms with Crippen molar-refractivity contribution >= 4 is 10.2 Å². The smallest absolute Gasteiger partial charge is 0.279 e. The molecule has 0 atom stereocenters. The first-order chi connectivity index (χ1) is 11.5. The molecule has 1 aromatic rings. The Labute approximate surface area is 143 Å². The Balaban J connectivity index is 1.49. The van der Waals surface area contributed by atoms with Crippen molar-refractivity contribution in [1.82, 2.24) is 14.0 Å². The molecule has 134 valence electrons. The van der Waals surface area contributed by atoms with Crippen LogP contribution >= 0.6 is 0 Å². The van der Waals surface area contributed by atoms with Gasteiger partial charge in [0.15, 0.2) is 0 Å². The summed E-state index contributed by atoms with van der Waals surface area (Å²) in [6.45, 7) is 3.71. The molecule has 2 heterocycles. The topological polar surface area (TPSA) is 80.8 Å². The minimum absolute atomic E-state index is 0.0207. The van der Waals surface area contributed by atoms with E-state index in [1.54, 1.807) is 6.20 Å². The molecule has 0 radical (unpaired) electrons. The molecule has 3 rings (SSSR count). The van der Waals surface area contributed by atoms with E-state index < -0.39 is 10.2 Å². The van der Waals surface area contributed by atoms with Gasteiger partial charge in [0.2, 0.25) is 0 Å². The molecule has 1 aliphatic carbocycles. The molecule has 8 heteroatoms. The highest BCUT2D eigenvalue weighted by atomic mass is 32.2. The van der Waals surface area contributed by atoms with Gasteiger partial charge in [-0.2, -0.15) is 17.4 Å². The Morgan fingerprint density at radius 2 is 1.96 bits per heavy atom. The molecule has 0 bridgehead atoms. The molecule has 0 spiro atoms. The van der Waals surface area contributed by atoms with Crippen molar-refractivity contribution in [2.75, 3.05) is 26.3 Å². The highest BCUT2D eigenvalue weighted by Crippen LogP contribution is 2.25. The average Bonchev–Trinajstić information content (AvgIpc) is 2.59. The van der Waals surface area contributed by atoms with Crippen molar-refractivity contribution in [2.45, 2.75) is 44.8 Å². The summed E-state index contributed by atoms with van der Waals surface area (Å²) in [6, 6.07) is 3.77. The van der Waals surface area contributed by atoms with Gasteiger partial charge in [0, 0.05) is 25.3 Å². The van der Waals surface area contributed by atoms with Gasteiger partial charge in [0.05, 0.1) is 25.0 Å². The SMILES string of the molecule is Cc1ncccc1OC1CCC(NS(=O)(=O)N2CCOCC2)CC1. The fraction of sp³-hybridized carbons (Fsp3) is 0.688. The largest absolute Gasteiger partial charge is 0.489 e. The van der Waals surface area contributed by atoms with E-state index in [4.69, 9.17) is 9.47 Å². The summed E-state index contributed by atoms with van der Waals surface area (Å²) >= 11 is 0. The van der Waals surface area contributed by atoms with Crippen molar-refractivity contribution in [1.29, 1.82) is 0 Å². The number of hydrogen-bond acceptors (Lipinski definition) is 5. The first-order valence-electron chi connectivity index (χ1n) is 8.48. The predicted octanol–water partition coefficient (Wildman–Crippen LogP) is 1.25. The number of morpholine rings is 1. The zero-order valence-electron chi connectivity index (χ0n) is 14.0. The van der Waals surface area contributed by atoms with E-state index in [-0.39, 0.29) is 12.1 Å². The van der Waals surface area contributed by atoms with E-state index >= 15 is 0 Å². The first-order valence-corrected chi connectivity index (χ1v) is 9.92. The molecule has 0 amide bonds.